The van der Waals surface area contributed by atoms with Crippen molar-refractivity contribution in [2.75, 3.05) is 23.3 Å². The normalized spacial score (nSPS) is 18.7. The Kier molecular flexibility index (Phi) is 6.19. The van der Waals surface area contributed by atoms with Gasteiger partial charge >= 0.3 is 0 Å². The van der Waals surface area contributed by atoms with Crippen molar-refractivity contribution in [3.05, 3.63) is 31.0 Å². The number of fused-ring (bicyclic) bond motifs is 1. The van der Waals surface area contributed by atoms with Crippen LogP contribution in [0.25, 0.3) is 11.2 Å². The number of halogens is 1. The lowest BCUT2D eigenvalue weighted by Gasteiger charge is -2.22. The molecule has 3 N–H and O–H groups in total. The highest BCUT2D eigenvalue weighted by atomic mass is 19.1. The van der Waals surface area contributed by atoms with Crippen LogP contribution in [0.2, 0.25) is 0 Å². The van der Waals surface area contributed by atoms with E-state index in [1.165, 1.54) is 0 Å². The number of hydrogen-bond donors (Lipinski definition) is 2. The number of anilines is 3. The van der Waals surface area contributed by atoms with Crippen LogP contribution in [0.1, 0.15) is 34.6 Å². The Morgan fingerprint density at radius 1 is 1.29 bits per heavy atom. The van der Waals surface area contributed by atoms with Crippen LogP contribution < -0.4 is 16.0 Å². The van der Waals surface area contributed by atoms with E-state index in [2.05, 4.69) is 47.7 Å². The summed E-state index contributed by atoms with van der Waals surface area (Å²) in [6.07, 6.45) is 4.50. The van der Waals surface area contributed by atoms with Gasteiger partial charge in [-0.1, -0.05) is 13.5 Å². The quantitative estimate of drug-likeness (QED) is 0.658. The average Bonchev–Trinajstić information content (AvgIpc) is 3.33. The molecule has 2 unspecified atom stereocenters. The minimum absolute atomic E-state index is 0.0356. The van der Waals surface area contributed by atoms with Gasteiger partial charge in [0, 0.05) is 31.2 Å². The van der Waals surface area contributed by atoms with Crippen LogP contribution in [0.3, 0.4) is 0 Å². The second-order valence-electron chi connectivity index (χ2n) is 9.10. The van der Waals surface area contributed by atoms with Crippen molar-refractivity contribution in [3.63, 3.8) is 0 Å². The van der Waals surface area contributed by atoms with Crippen LogP contribution in [0.15, 0.2) is 31.0 Å². The number of nitrogens with two attached hydrogens (primary N) is 1. The van der Waals surface area contributed by atoms with Gasteiger partial charge in [-0.2, -0.15) is 15.1 Å². The zero-order valence-electron chi connectivity index (χ0n) is 19.1. The Labute approximate surface area is 182 Å². The highest BCUT2D eigenvalue weighted by Crippen LogP contribution is 2.31. The third-order valence-corrected chi connectivity index (χ3v) is 4.88. The maximum atomic E-state index is 14.1. The van der Waals surface area contributed by atoms with Gasteiger partial charge in [0.2, 0.25) is 5.95 Å². The van der Waals surface area contributed by atoms with Gasteiger partial charge in [0.15, 0.2) is 17.0 Å². The molecule has 168 valence electrons. The number of aryl methyl sites for hydroxylation is 1. The standard InChI is InChI=1S/C18H25FN8.C3H7N/c1-11-7-26(9-13(11)19)17-23-15(22-12-6-21-25(5)8-12)14-16(24-17)27(10-20-14)18(2,3)4;1-3(2)4/h6,8,10-11,13H,7,9H2,1-5H3,(H,22,23,24);1,4H2,2H3. The van der Waals surface area contributed by atoms with Gasteiger partial charge < -0.3 is 20.5 Å². The molecule has 4 heterocycles. The number of allylic oxidation sites excluding steroid dienone is 1. The number of nitrogens with zero attached hydrogens (tertiary/aromatic N) is 7. The van der Waals surface area contributed by atoms with Crippen molar-refractivity contribution in [2.24, 2.45) is 18.7 Å². The minimum Gasteiger partial charge on any atom is -0.403 e. The van der Waals surface area contributed by atoms with Gasteiger partial charge in [-0.15, -0.1) is 0 Å². The molecule has 0 saturated carbocycles. The van der Waals surface area contributed by atoms with E-state index in [1.807, 2.05) is 29.6 Å². The maximum Gasteiger partial charge on any atom is 0.229 e. The largest absolute Gasteiger partial charge is 0.403 e. The van der Waals surface area contributed by atoms with Crippen LogP contribution >= 0.6 is 0 Å². The zero-order chi connectivity index (χ0) is 22.9. The monoisotopic (exact) mass is 429 g/mol. The lowest BCUT2D eigenvalue weighted by molar-refractivity contribution is 0.299. The molecule has 9 nitrogen and oxygen atoms in total. The molecule has 1 fully saturated rings. The first-order chi connectivity index (χ1) is 14.5. The number of aromatic nitrogens is 6. The molecule has 2 atom stereocenters. The average molecular weight is 430 g/mol. The Balaban J connectivity index is 0.000000628. The van der Waals surface area contributed by atoms with Crippen molar-refractivity contribution in [1.82, 2.24) is 29.3 Å². The first-order valence-corrected chi connectivity index (χ1v) is 10.3. The molecule has 0 bridgehead atoms. The summed E-state index contributed by atoms with van der Waals surface area (Å²) < 4.78 is 17.8. The van der Waals surface area contributed by atoms with Crippen molar-refractivity contribution >= 4 is 28.6 Å². The zero-order valence-corrected chi connectivity index (χ0v) is 19.1. The summed E-state index contributed by atoms with van der Waals surface area (Å²) in [5, 5.41) is 7.47. The van der Waals surface area contributed by atoms with E-state index in [0.717, 1.165) is 11.3 Å². The molecule has 3 aromatic rings. The Morgan fingerprint density at radius 2 is 1.97 bits per heavy atom. The molecule has 4 rings (SSSR count). The molecule has 0 amide bonds. The predicted molar refractivity (Wildman–Crippen MR) is 122 cm³/mol. The molecule has 0 aliphatic carbocycles. The molecule has 1 aliphatic heterocycles. The van der Waals surface area contributed by atoms with E-state index in [4.69, 9.17) is 10.7 Å². The Bertz CT molecular complexity index is 1050. The summed E-state index contributed by atoms with van der Waals surface area (Å²) in [6.45, 7) is 14.2. The highest BCUT2D eigenvalue weighted by molar-refractivity contribution is 5.86. The van der Waals surface area contributed by atoms with Gasteiger partial charge in [-0.05, 0) is 33.4 Å². The first kappa shape index (κ1) is 22.5. The van der Waals surface area contributed by atoms with E-state index in [-0.39, 0.29) is 11.5 Å². The van der Waals surface area contributed by atoms with Crippen LogP contribution in [0, 0.1) is 5.92 Å². The van der Waals surface area contributed by atoms with Gasteiger partial charge in [-0.3, -0.25) is 4.68 Å². The number of rotatable bonds is 3. The van der Waals surface area contributed by atoms with E-state index < -0.39 is 6.17 Å². The fourth-order valence-corrected chi connectivity index (χ4v) is 3.32. The highest BCUT2D eigenvalue weighted by Gasteiger charge is 2.32. The smallest absolute Gasteiger partial charge is 0.229 e. The lowest BCUT2D eigenvalue weighted by atomic mass is 10.1. The van der Waals surface area contributed by atoms with E-state index in [1.54, 1.807) is 24.1 Å². The van der Waals surface area contributed by atoms with E-state index in [9.17, 15) is 4.39 Å². The summed E-state index contributed by atoms with van der Waals surface area (Å²) in [5.41, 5.74) is 7.62. The van der Waals surface area contributed by atoms with Crippen LogP contribution in [-0.4, -0.2) is 48.6 Å². The number of nitrogens with one attached hydrogen (secondary N) is 1. The molecule has 31 heavy (non-hydrogen) atoms. The second-order valence-corrected chi connectivity index (χ2v) is 9.10. The maximum absolute atomic E-state index is 14.1. The van der Waals surface area contributed by atoms with Crippen molar-refractivity contribution in [2.45, 2.75) is 46.3 Å². The fraction of sp³-hybridized carbons (Fsp3) is 0.524. The molecule has 0 spiro atoms. The van der Waals surface area contributed by atoms with Crippen molar-refractivity contribution in [3.8, 4) is 0 Å². The minimum atomic E-state index is -0.869. The topological polar surface area (TPSA) is 103 Å². The molecule has 10 heteroatoms. The number of hydrogen-bond acceptors (Lipinski definition) is 7. The Morgan fingerprint density at radius 3 is 2.48 bits per heavy atom. The van der Waals surface area contributed by atoms with Gasteiger partial charge in [0.05, 0.1) is 24.8 Å². The summed E-state index contributed by atoms with van der Waals surface area (Å²) >= 11 is 0. The van der Waals surface area contributed by atoms with Crippen LogP contribution in [-0.2, 0) is 12.6 Å². The summed E-state index contributed by atoms with van der Waals surface area (Å²) in [5.74, 6) is 1.08. The summed E-state index contributed by atoms with van der Waals surface area (Å²) in [7, 11) is 1.85. The summed E-state index contributed by atoms with van der Waals surface area (Å²) in [4.78, 5) is 15.9. The molecule has 1 aliphatic rings. The van der Waals surface area contributed by atoms with Gasteiger partial charge in [0.25, 0.3) is 0 Å². The number of alkyl halides is 1. The third kappa shape index (κ3) is 5.12. The number of imidazole rings is 1. The molecule has 0 aromatic carbocycles. The molecule has 3 aromatic heterocycles. The van der Waals surface area contributed by atoms with E-state index >= 15 is 0 Å². The lowest BCUT2D eigenvalue weighted by Crippen LogP contribution is -2.25. The first-order valence-electron chi connectivity index (χ1n) is 10.3. The van der Waals surface area contributed by atoms with Crippen LogP contribution in [0.5, 0.6) is 0 Å². The molecular formula is C21H32FN9. The molecule has 1 saturated heterocycles. The van der Waals surface area contributed by atoms with Crippen molar-refractivity contribution in [1.29, 1.82) is 0 Å². The van der Waals surface area contributed by atoms with Crippen LogP contribution in [0.4, 0.5) is 21.8 Å². The summed E-state index contributed by atoms with van der Waals surface area (Å²) in [6, 6.07) is 0. The Hall–Kier alpha value is -3.17. The second kappa shape index (κ2) is 8.52. The fourth-order valence-electron chi connectivity index (χ4n) is 3.32. The van der Waals surface area contributed by atoms with Gasteiger partial charge in [-0.25, -0.2) is 9.37 Å². The third-order valence-electron chi connectivity index (χ3n) is 4.88. The van der Waals surface area contributed by atoms with Gasteiger partial charge in [0.1, 0.15) is 6.17 Å². The molecular weight excluding hydrogens is 397 g/mol. The predicted octanol–water partition coefficient (Wildman–Crippen LogP) is 3.33. The SMILES string of the molecule is C=C(C)N.CC1CN(c2nc(Nc3cnn(C)c3)c3ncn(C(C)(C)C)c3n2)CC1F. The van der Waals surface area contributed by atoms with Crippen molar-refractivity contribution < 1.29 is 4.39 Å². The van der Waals surface area contributed by atoms with E-state index in [0.29, 0.717) is 36.1 Å². The molecule has 0 radical (unpaired) electrons.